The van der Waals surface area contributed by atoms with Crippen LogP contribution >= 0.6 is 22.7 Å². The smallest absolute Gasteiger partial charge is 0.263 e. The molecule has 102 valence electrons. The van der Waals surface area contributed by atoms with Crippen LogP contribution in [0.1, 0.15) is 45.1 Å². The van der Waals surface area contributed by atoms with Crippen molar-refractivity contribution in [2.24, 2.45) is 0 Å². The van der Waals surface area contributed by atoms with Gasteiger partial charge >= 0.3 is 0 Å². The number of carbonyl (C=O) groups is 1. The minimum Gasteiger partial charge on any atom is -0.375 e. The molecule has 0 bridgehead atoms. The zero-order valence-corrected chi connectivity index (χ0v) is 12.7. The summed E-state index contributed by atoms with van der Waals surface area (Å²) in [5.41, 5.74) is 6.26. The molecule has 5 nitrogen and oxygen atoms in total. The van der Waals surface area contributed by atoms with E-state index in [1.807, 2.05) is 13.1 Å². The molecule has 0 spiro atoms. The lowest BCUT2D eigenvalue weighted by atomic mass is 10.3. The predicted molar refractivity (Wildman–Crippen MR) is 78.6 cm³/mol. The summed E-state index contributed by atoms with van der Waals surface area (Å²) in [5, 5.41) is 4.26. The number of amides is 1. The van der Waals surface area contributed by atoms with E-state index in [0.29, 0.717) is 15.7 Å². The van der Waals surface area contributed by atoms with Crippen molar-refractivity contribution < 1.29 is 4.79 Å². The van der Waals surface area contributed by atoms with E-state index in [4.69, 9.17) is 5.73 Å². The van der Waals surface area contributed by atoms with Gasteiger partial charge in [-0.3, -0.25) is 4.79 Å². The molecule has 0 aliphatic heterocycles. The number of rotatable bonds is 4. The summed E-state index contributed by atoms with van der Waals surface area (Å²) in [6.07, 6.45) is 2.82. The van der Waals surface area contributed by atoms with E-state index in [1.54, 1.807) is 18.3 Å². The van der Waals surface area contributed by atoms with Gasteiger partial charge in [0.1, 0.15) is 9.88 Å². The SMILES string of the molecule is CCc1cnc(C(C)NC(=O)c2sc(N)nc2C)s1. The topological polar surface area (TPSA) is 80.9 Å². The van der Waals surface area contributed by atoms with Gasteiger partial charge in [-0.15, -0.1) is 11.3 Å². The lowest BCUT2D eigenvalue weighted by Crippen LogP contribution is -2.26. The lowest BCUT2D eigenvalue weighted by molar-refractivity contribution is 0.0943. The van der Waals surface area contributed by atoms with Crippen LogP contribution in [0.4, 0.5) is 5.13 Å². The van der Waals surface area contributed by atoms with Crippen molar-refractivity contribution in [3.8, 4) is 0 Å². The Bertz CT molecular complexity index is 590. The minimum absolute atomic E-state index is 0.111. The fourth-order valence-electron chi connectivity index (χ4n) is 1.64. The molecule has 1 atom stereocenters. The number of hydrogen-bond acceptors (Lipinski definition) is 6. The highest BCUT2D eigenvalue weighted by Crippen LogP contribution is 2.23. The number of thiazole rings is 2. The van der Waals surface area contributed by atoms with Gasteiger partial charge < -0.3 is 11.1 Å². The molecular formula is C12H16N4OS2. The Labute approximate surface area is 119 Å². The summed E-state index contributed by atoms with van der Waals surface area (Å²) in [4.78, 5) is 22.3. The molecule has 1 unspecified atom stereocenters. The second-order valence-electron chi connectivity index (χ2n) is 4.18. The van der Waals surface area contributed by atoms with Gasteiger partial charge in [0.25, 0.3) is 5.91 Å². The Balaban J connectivity index is 2.08. The lowest BCUT2D eigenvalue weighted by Gasteiger charge is -2.10. The molecule has 0 saturated heterocycles. The van der Waals surface area contributed by atoms with Gasteiger partial charge in [0.05, 0.1) is 11.7 Å². The molecule has 0 saturated carbocycles. The Kier molecular flexibility index (Phi) is 4.16. The van der Waals surface area contributed by atoms with Gasteiger partial charge in [0.2, 0.25) is 0 Å². The number of nitrogens with zero attached hydrogens (tertiary/aromatic N) is 2. The molecule has 0 aliphatic rings. The third-order valence-electron chi connectivity index (χ3n) is 2.66. The maximum atomic E-state index is 12.1. The van der Waals surface area contributed by atoms with Crippen LogP contribution < -0.4 is 11.1 Å². The highest BCUT2D eigenvalue weighted by Gasteiger charge is 2.18. The van der Waals surface area contributed by atoms with Crippen molar-refractivity contribution in [1.29, 1.82) is 0 Å². The van der Waals surface area contributed by atoms with Crippen molar-refractivity contribution in [3.05, 3.63) is 26.7 Å². The van der Waals surface area contributed by atoms with Crippen LogP contribution in [0.5, 0.6) is 0 Å². The summed E-state index contributed by atoms with van der Waals surface area (Å²) in [6.45, 7) is 5.80. The largest absolute Gasteiger partial charge is 0.375 e. The molecule has 2 aromatic heterocycles. The van der Waals surface area contributed by atoms with Crippen molar-refractivity contribution in [1.82, 2.24) is 15.3 Å². The first-order valence-corrected chi connectivity index (χ1v) is 7.63. The molecule has 2 heterocycles. The monoisotopic (exact) mass is 296 g/mol. The van der Waals surface area contributed by atoms with Gasteiger partial charge in [0.15, 0.2) is 5.13 Å². The summed E-state index contributed by atoms with van der Waals surface area (Å²) >= 11 is 2.83. The van der Waals surface area contributed by atoms with Crippen molar-refractivity contribution in [2.75, 3.05) is 5.73 Å². The van der Waals surface area contributed by atoms with Crippen LogP contribution in [0.15, 0.2) is 6.20 Å². The van der Waals surface area contributed by atoms with Crippen molar-refractivity contribution in [3.63, 3.8) is 0 Å². The van der Waals surface area contributed by atoms with Gasteiger partial charge in [-0.2, -0.15) is 0 Å². The van der Waals surface area contributed by atoms with E-state index in [2.05, 4.69) is 22.2 Å². The Morgan fingerprint density at radius 2 is 2.26 bits per heavy atom. The van der Waals surface area contributed by atoms with Crippen LogP contribution in [-0.2, 0) is 6.42 Å². The van der Waals surface area contributed by atoms with E-state index < -0.39 is 0 Å². The summed E-state index contributed by atoms with van der Waals surface area (Å²) in [7, 11) is 0. The predicted octanol–water partition coefficient (Wildman–Crippen LogP) is 2.54. The Morgan fingerprint density at radius 3 is 2.79 bits per heavy atom. The van der Waals surface area contributed by atoms with E-state index in [9.17, 15) is 4.79 Å². The standard InChI is InChI=1S/C12H16N4OS2/c1-4-8-5-14-11(18-8)7(3)15-10(17)9-6(2)16-12(13)19-9/h5,7H,4H2,1-3H3,(H2,13,16)(H,15,17). The molecule has 2 rings (SSSR count). The molecule has 0 fully saturated rings. The first kappa shape index (κ1) is 14.0. The number of nitrogens with two attached hydrogens (primary N) is 1. The Morgan fingerprint density at radius 1 is 1.53 bits per heavy atom. The number of nitrogens with one attached hydrogen (secondary N) is 1. The molecule has 2 aromatic rings. The first-order valence-electron chi connectivity index (χ1n) is 5.99. The molecule has 7 heteroatoms. The number of aromatic nitrogens is 2. The highest BCUT2D eigenvalue weighted by molar-refractivity contribution is 7.17. The first-order chi connectivity index (χ1) is 9.01. The molecular weight excluding hydrogens is 280 g/mol. The van der Waals surface area contributed by atoms with Crippen molar-refractivity contribution in [2.45, 2.75) is 33.2 Å². The zero-order chi connectivity index (χ0) is 14.0. The van der Waals surface area contributed by atoms with Crippen LogP contribution in [-0.4, -0.2) is 15.9 Å². The molecule has 0 radical (unpaired) electrons. The molecule has 1 amide bonds. The molecule has 0 aromatic carbocycles. The molecule has 3 N–H and O–H groups in total. The summed E-state index contributed by atoms with van der Waals surface area (Å²) in [6, 6.07) is -0.111. The third kappa shape index (κ3) is 3.10. The number of anilines is 1. The number of aryl methyl sites for hydroxylation is 2. The Hall–Kier alpha value is -1.47. The zero-order valence-electron chi connectivity index (χ0n) is 11.1. The quantitative estimate of drug-likeness (QED) is 0.908. The summed E-state index contributed by atoms with van der Waals surface area (Å²) in [5.74, 6) is -0.146. The average Bonchev–Trinajstić information content (AvgIpc) is 2.95. The van der Waals surface area contributed by atoms with E-state index >= 15 is 0 Å². The van der Waals surface area contributed by atoms with Gasteiger partial charge in [-0.25, -0.2) is 9.97 Å². The van der Waals surface area contributed by atoms with Gasteiger partial charge in [-0.1, -0.05) is 18.3 Å². The van der Waals surface area contributed by atoms with E-state index in [0.717, 1.165) is 11.4 Å². The van der Waals surface area contributed by atoms with E-state index in [1.165, 1.54) is 16.2 Å². The third-order valence-corrected chi connectivity index (χ3v) is 4.97. The second kappa shape index (κ2) is 5.66. The highest BCUT2D eigenvalue weighted by atomic mass is 32.1. The maximum Gasteiger partial charge on any atom is 0.263 e. The number of hydrogen-bond donors (Lipinski definition) is 2. The van der Waals surface area contributed by atoms with Gasteiger partial charge in [-0.05, 0) is 20.3 Å². The minimum atomic E-state index is -0.146. The van der Waals surface area contributed by atoms with Crippen LogP contribution in [0.25, 0.3) is 0 Å². The van der Waals surface area contributed by atoms with Crippen LogP contribution in [0.3, 0.4) is 0 Å². The summed E-state index contributed by atoms with van der Waals surface area (Å²) < 4.78 is 0. The number of carbonyl (C=O) groups excluding carboxylic acids is 1. The van der Waals surface area contributed by atoms with Crippen molar-refractivity contribution >= 4 is 33.7 Å². The number of nitrogen functional groups attached to an aromatic ring is 1. The van der Waals surface area contributed by atoms with Crippen LogP contribution in [0.2, 0.25) is 0 Å². The van der Waals surface area contributed by atoms with Crippen LogP contribution in [0, 0.1) is 6.92 Å². The van der Waals surface area contributed by atoms with Gasteiger partial charge in [0, 0.05) is 11.1 Å². The average molecular weight is 296 g/mol. The molecule has 19 heavy (non-hydrogen) atoms. The second-order valence-corrected chi connectivity index (χ2v) is 6.36. The molecule has 0 aliphatic carbocycles. The van der Waals surface area contributed by atoms with E-state index in [-0.39, 0.29) is 11.9 Å². The fraction of sp³-hybridized carbons (Fsp3) is 0.417. The fourth-order valence-corrected chi connectivity index (χ4v) is 3.23. The maximum absolute atomic E-state index is 12.1. The normalized spacial score (nSPS) is 12.4.